The lowest BCUT2D eigenvalue weighted by atomic mass is 9.90. The van der Waals surface area contributed by atoms with Crippen LogP contribution < -0.4 is 0 Å². The summed E-state index contributed by atoms with van der Waals surface area (Å²) in [5.41, 5.74) is 2.54. The second-order valence-corrected chi connectivity index (χ2v) is 6.53. The third-order valence-corrected chi connectivity index (χ3v) is 4.89. The van der Waals surface area contributed by atoms with Gasteiger partial charge in [0.05, 0.1) is 6.10 Å². The maximum atomic E-state index is 10.6. The van der Waals surface area contributed by atoms with Gasteiger partial charge in [0.25, 0.3) is 0 Å². The zero-order chi connectivity index (χ0) is 12.8. The minimum Gasteiger partial charge on any atom is -0.388 e. The molecular formula is C16H24OS. The zero-order valence-electron chi connectivity index (χ0n) is 11.3. The summed E-state index contributed by atoms with van der Waals surface area (Å²) in [6.07, 6.45) is 5.69. The molecule has 1 aromatic carbocycles. The van der Waals surface area contributed by atoms with Crippen molar-refractivity contribution in [3.05, 3.63) is 35.4 Å². The summed E-state index contributed by atoms with van der Waals surface area (Å²) in [6, 6.07) is 8.42. The molecule has 0 heterocycles. The number of aryl methyl sites for hydroxylation is 1. The predicted molar refractivity (Wildman–Crippen MR) is 80.1 cm³/mol. The maximum absolute atomic E-state index is 10.6. The van der Waals surface area contributed by atoms with E-state index in [0.717, 1.165) is 6.42 Å². The first-order valence-electron chi connectivity index (χ1n) is 7.16. The van der Waals surface area contributed by atoms with Gasteiger partial charge in [0.15, 0.2) is 0 Å². The lowest BCUT2D eigenvalue weighted by Crippen LogP contribution is -2.12. The SMILES string of the molecule is CCSCCCC1CCCc2ccccc2C1O. The van der Waals surface area contributed by atoms with Gasteiger partial charge in [-0.2, -0.15) is 11.8 Å². The maximum Gasteiger partial charge on any atom is 0.0820 e. The average Bonchev–Trinajstić information content (AvgIpc) is 2.56. The Morgan fingerprint density at radius 1 is 1.33 bits per heavy atom. The summed E-state index contributed by atoms with van der Waals surface area (Å²) < 4.78 is 0. The van der Waals surface area contributed by atoms with E-state index in [1.54, 1.807) is 0 Å². The van der Waals surface area contributed by atoms with Crippen molar-refractivity contribution in [1.29, 1.82) is 0 Å². The van der Waals surface area contributed by atoms with Gasteiger partial charge in [-0.05, 0) is 60.7 Å². The monoisotopic (exact) mass is 264 g/mol. The Kier molecular flexibility index (Phi) is 5.58. The molecule has 1 aliphatic carbocycles. The fourth-order valence-electron chi connectivity index (χ4n) is 2.91. The molecule has 1 N–H and O–H groups in total. The average molecular weight is 264 g/mol. The summed E-state index contributed by atoms with van der Waals surface area (Å²) in [5.74, 6) is 2.91. The zero-order valence-corrected chi connectivity index (χ0v) is 12.1. The number of aliphatic hydroxyl groups excluding tert-OH is 1. The third kappa shape index (κ3) is 3.52. The molecule has 1 aromatic rings. The molecule has 100 valence electrons. The second kappa shape index (κ2) is 7.20. The largest absolute Gasteiger partial charge is 0.388 e. The van der Waals surface area contributed by atoms with Gasteiger partial charge in [-0.25, -0.2) is 0 Å². The Morgan fingerprint density at radius 2 is 2.17 bits per heavy atom. The van der Waals surface area contributed by atoms with Crippen molar-refractivity contribution in [1.82, 2.24) is 0 Å². The van der Waals surface area contributed by atoms with Gasteiger partial charge in [-0.15, -0.1) is 0 Å². The van der Waals surface area contributed by atoms with E-state index in [9.17, 15) is 5.11 Å². The van der Waals surface area contributed by atoms with Crippen molar-refractivity contribution in [3.8, 4) is 0 Å². The Balaban J connectivity index is 1.97. The van der Waals surface area contributed by atoms with E-state index in [0.29, 0.717) is 5.92 Å². The van der Waals surface area contributed by atoms with Crippen LogP contribution in [0.4, 0.5) is 0 Å². The van der Waals surface area contributed by atoms with Crippen LogP contribution in [0.3, 0.4) is 0 Å². The summed E-state index contributed by atoms with van der Waals surface area (Å²) in [7, 11) is 0. The van der Waals surface area contributed by atoms with Crippen molar-refractivity contribution < 1.29 is 5.11 Å². The molecule has 0 aromatic heterocycles. The van der Waals surface area contributed by atoms with Gasteiger partial charge >= 0.3 is 0 Å². The fourth-order valence-corrected chi connectivity index (χ4v) is 3.57. The molecule has 18 heavy (non-hydrogen) atoms. The highest BCUT2D eigenvalue weighted by molar-refractivity contribution is 7.99. The first-order chi connectivity index (χ1) is 8.83. The van der Waals surface area contributed by atoms with E-state index >= 15 is 0 Å². The summed E-state index contributed by atoms with van der Waals surface area (Å²) in [5, 5.41) is 10.6. The highest BCUT2D eigenvalue weighted by Gasteiger charge is 2.25. The first-order valence-corrected chi connectivity index (χ1v) is 8.32. The van der Waals surface area contributed by atoms with Crippen LogP contribution in [0.5, 0.6) is 0 Å². The topological polar surface area (TPSA) is 20.2 Å². The molecule has 2 atom stereocenters. The van der Waals surface area contributed by atoms with Gasteiger partial charge in [-0.3, -0.25) is 0 Å². The third-order valence-electron chi connectivity index (χ3n) is 3.91. The molecule has 0 aliphatic heterocycles. The number of thioether (sulfide) groups is 1. The molecule has 0 amide bonds. The second-order valence-electron chi connectivity index (χ2n) is 5.14. The molecule has 0 bridgehead atoms. The molecule has 0 saturated carbocycles. The molecule has 0 spiro atoms. The van der Waals surface area contributed by atoms with Crippen LogP contribution in [-0.2, 0) is 6.42 Å². The number of aliphatic hydroxyl groups is 1. The van der Waals surface area contributed by atoms with E-state index in [1.807, 2.05) is 11.8 Å². The smallest absolute Gasteiger partial charge is 0.0820 e. The van der Waals surface area contributed by atoms with E-state index in [1.165, 1.54) is 48.3 Å². The van der Waals surface area contributed by atoms with Gasteiger partial charge in [0.1, 0.15) is 0 Å². The van der Waals surface area contributed by atoms with Crippen LogP contribution >= 0.6 is 11.8 Å². The number of benzene rings is 1. The summed E-state index contributed by atoms with van der Waals surface area (Å²) in [6.45, 7) is 2.21. The van der Waals surface area contributed by atoms with Crippen LogP contribution in [0, 0.1) is 5.92 Å². The highest BCUT2D eigenvalue weighted by atomic mass is 32.2. The molecule has 0 saturated heterocycles. The highest BCUT2D eigenvalue weighted by Crippen LogP contribution is 2.35. The normalized spacial score (nSPS) is 23.4. The summed E-state index contributed by atoms with van der Waals surface area (Å²) in [4.78, 5) is 0. The Morgan fingerprint density at radius 3 is 3.00 bits per heavy atom. The minimum atomic E-state index is -0.240. The van der Waals surface area contributed by atoms with Crippen molar-refractivity contribution in [3.63, 3.8) is 0 Å². The minimum absolute atomic E-state index is 0.240. The molecular weight excluding hydrogens is 240 g/mol. The van der Waals surface area contributed by atoms with Crippen LogP contribution in [-0.4, -0.2) is 16.6 Å². The van der Waals surface area contributed by atoms with Crippen molar-refractivity contribution in [2.45, 2.75) is 45.1 Å². The van der Waals surface area contributed by atoms with Gasteiger partial charge in [-0.1, -0.05) is 31.2 Å². The van der Waals surface area contributed by atoms with Crippen LogP contribution in [0.1, 0.15) is 49.8 Å². The molecule has 2 rings (SSSR count). The Labute approximate surface area is 115 Å². The standard InChI is InChI=1S/C16H24OS/c1-2-18-12-6-10-14-9-5-8-13-7-3-4-11-15(13)16(14)17/h3-4,7,11,14,16-17H,2,5-6,8-10,12H2,1H3. The molecule has 2 unspecified atom stereocenters. The van der Waals surface area contributed by atoms with Gasteiger partial charge in [0.2, 0.25) is 0 Å². The van der Waals surface area contributed by atoms with E-state index in [4.69, 9.17) is 0 Å². The lowest BCUT2D eigenvalue weighted by molar-refractivity contribution is 0.0994. The van der Waals surface area contributed by atoms with Gasteiger partial charge < -0.3 is 5.11 Å². The lowest BCUT2D eigenvalue weighted by Gasteiger charge is -2.21. The number of fused-ring (bicyclic) bond motifs is 1. The van der Waals surface area contributed by atoms with Crippen LogP contribution in [0.15, 0.2) is 24.3 Å². The van der Waals surface area contributed by atoms with E-state index in [2.05, 4.69) is 31.2 Å². The van der Waals surface area contributed by atoms with Crippen molar-refractivity contribution in [2.75, 3.05) is 11.5 Å². The van der Waals surface area contributed by atoms with E-state index < -0.39 is 0 Å². The number of hydrogen-bond acceptors (Lipinski definition) is 2. The van der Waals surface area contributed by atoms with Crippen LogP contribution in [0.25, 0.3) is 0 Å². The molecule has 0 fully saturated rings. The predicted octanol–water partition coefficient (Wildman–Crippen LogP) is 4.21. The van der Waals surface area contributed by atoms with Crippen molar-refractivity contribution >= 4 is 11.8 Å². The molecule has 1 aliphatic rings. The van der Waals surface area contributed by atoms with E-state index in [-0.39, 0.29) is 6.10 Å². The molecule has 0 radical (unpaired) electrons. The first kappa shape index (κ1) is 14.0. The Hall–Kier alpha value is -0.470. The fraction of sp³-hybridized carbons (Fsp3) is 0.625. The summed E-state index contributed by atoms with van der Waals surface area (Å²) >= 11 is 2.01. The Bertz CT molecular complexity index is 364. The molecule has 1 nitrogen and oxygen atoms in total. The van der Waals surface area contributed by atoms with Crippen molar-refractivity contribution in [2.24, 2.45) is 5.92 Å². The van der Waals surface area contributed by atoms with Crippen LogP contribution in [0.2, 0.25) is 0 Å². The number of hydrogen-bond donors (Lipinski definition) is 1. The molecule has 2 heteroatoms. The quantitative estimate of drug-likeness (QED) is 0.635. The van der Waals surface area contributed by atoms with Gasteiger partial charge in [0, 0.05) is 0 Å². The number of rotatable bonds is 5.